The Hall–Kier alpha value is -3.48. The topological polar surface area (TPSA) is 84.7 Å². The lowest BCUT2D eigenvalue weighted by Crippen LogP contribution is -2.11. The molecule has 2 heterocycles. The molecule has 0 saturated heterocycles. The summed E-state index contributed by atoms with van der Waals surface area (Å²) in [4.78, 5) is 24.9. The van der Waals surface area contributed by atoms with Crippen LogP contribution in [-0.2, 0) is 4.79 Å². The molecule has 0 unspecified atom stereocenters. The van der Waals surface area contributed by atoms with Gasteiger partial charge in [-0.1, -0.05) is 13.2 Å². The highest BCUT2D eigenvalue weighted by Crippen LogP contribution is 2.21. The summed E-state index contributed by atoms with van der Waals surface area (Å²) in [5.41, 5.74) is 3.46. The lowest BCUT2D eigenvalue weighted by atomic mass is 10.2. The number of carbonyl (C=O) groups excluding carboxylic acids is 1. The van der Waals surface area contributed by atoms with Crippen LogP contribution in [0.4, 0.5) is 11.5 Å². The lowest BCUT2D eigenvalue weighted by molar-refractivity contribution is -0.112. The minimum atomic E-state index is -0.224. The predicted molar refractivity (Wildman–Crippen MR) is 98.5 cm³/mol. The number of nitrogens with zero attached hydrogens (tertiary/aromatic N) is 4. The van der Waals surface area contributed by atoms with Crippen molar-refractivity contribution in [2.75, 3.05) is 10.6 Å². The number of aromatic nitrogens is 4. The highest BCUT2D eigenvalue weighted by atomic mass is 16.1. The number of allylic oxidation sites excluding steroid dienone is 1. The molecule has 1 amide bonds. The molecule has 3 rings (SSSR count). The first-order valence-corrected chi connectivity index (χ1v) is 7.63. The molecule has 0 aliphatic heterocycles. The van der Waals surface area contributed by atoms with Crippen molar-refractivity contribution in [3.05, 3.63) is 61.3 Å². The van der Waals surface area contributed by atoms with Crippen LogP contribution in [0.1, 0.15) is 13.8 Å². The van der Waals surface area contributed by atoms with Crippen molar-refractivity contribution in [3.63, 3.8) is 0 Å². The minimum absolute atomic E-state index is 0.224. The molecular weight excluding hydrogens is 316 g/mol. The Labute approximate surface area is 145 Å². The van der Waals surface area contributed by atoms with Gasteiger partial charge in [-0.25, -0.2) is 9.97 Å². The summed E-state index contributed by atoms with van der Waals surface area (Å²) < 4.78 is 1.81. The molecule has 25 heavy (non-hydrogen) atoms. The lowest BCUT2D eigenvalue weighted by Gasteiger charge is -2.08. The molecule has 126 valence electrons. The van der Waals surface area contributed by atoms with Gasteiger partial charge in [0.05, 0.1) is 23.4 Å². The quantitative estimate of drug-likeness (QED) is 0.700. The van der Waals surface area contributed by atoms with Crippen molar-refractivity contribution in [1.82, 2.24) is 19.5 Å². The number of hydrogen-bond acceptors (Lipinski definition) is 5. The van der Waals surface area contributed by atoms with Crippen LogP contribution in [0.2, 0.25) is 0 Å². The van der Waals surface area contributed by atoms with Gasteiger partial charge in [-0.05, 0) is 32.0 Å². The number of rotatable bonds is 5. The van der Waals surface area contributed by atoms with Crippen LogP contribution in [0.25, 0.3) is 16.9 Å². The average molecular weight is 334 g/mol. The second kappa shape index (κ2) is 6.56. The van der Waals surface area contributed by atoms with Crippen LogP contribution in [0.15, 0.2) is 61.3 Å². The third-order valence-electron chi connectivity index (χ3n) is 3.40. The Balaban J connectivity index is 2.01. The van der Waals surface area contributed by atoms with E-state index in [1.165, 1.54) is 0 Å². The summed E-state index contributed by atoms with van der Waals surface area (Å²) in [7, 11) is 0. The molecule has 0 saturated carbocycles. The highest BCUT2D eigenvalue weighted by molar-refractivity contribution is 6.03. The van der Waals surface area contributed by atoms with Crippen LogP contribution in [0.3, 0.4) is 0 Å². The van der Waals surface area contributed by atoms with Crippen LogP contribution in [-0.4, -0.2) is 25.4 Å². The van der Waals surface area contributed by atoms with Gasteiger partial charge in [-0.15, -0.1) is 0 Å². The van der Waals surface area contributed by atoms with E-state index in [2.05, 4.69) is 38.7 Å². The van der Waals surface area contributed by atoms with E-state index in [4.69, 9.17) is 0 Å². The summed E-state index contributed by atoms with van der Waals surface area (Å²) in [6.45, 7) is 10.9. The van der Waals surface area contributed by atoms with Crippen molar-refractivity contribution in [2.24, 2.45) is 0 Å². The van der Waals surface area contributed by atoms with E-state index < -0.39 is 0 Å². The fourth-order valence-electron chi connectivity index (χ4n) is 2.26. The van der Waals surface area contributed by atoms with E-state index >= 15 is 0 Å². The Morgan fingerprint density at radius 2 is 1.96 bits per heavy atom. The zero-order valence-electron chi connectivity index (χ0n) is 14.1. The second-order valence-corrected chi connectivity index (χ2v) is 5.72. The van der Waals surface area contributed by atoms with Crippen LogP contribution < -0.4 is 10.6 Å². The van der Waals surface area contributed by atoms with Crippen molar-refractivity contribution in [1.29, 1.82) is 0 Å². The third-order valence-corrected chi connectivity index (χ3v) is 3.40. The average Bonchev–Trinajstić information content (AvgIpc) is 2.97. The summed E-state index contributed by atoms with van der Waals surface area (Å²) in [6.07, 6.45) is 4.93. The molecule has 7 heteroatoms. The highest BCUT2D eigenvalue weighted by Gasteiger charge is 2.10. The van der Waals surface area contributed by atoms with Gasteiger partial charge in [0, 0.05) is 17.0 Å². The second-order valence-electron chi connectivity index (χ2n) is 5.72. The predicted octanol–water partition coefficient (Wildman–Crippen LogP) is 3.28. The number of fused-ring (bicyclic) bond motifs is 1. The molecule has 0 fully saturated rings. The molecule has 3 aromatic rings. The normalized spacial score (nSPS) is 10.5. The van der Waals surface area contributed by atoms with Crippen molar-refractivity contribution >= 4 is 28.4 Å². The molecule has 0 atom stereocenters. The van der Waals surface area contributed by atoms with Gasteiger partial charge in [-0.2, -0.15) is 0 Å². The summed E-state index contributed by atoms with van der Waals surface area (Å²) in [5.74, 6) is 0.980. The molecule has 0 aliphatic carbocycles. The maximum Gasteiger partial charge on any atom is 0.250 e. The van der Waals surface area contributed by atoms with E-state index in [0.29, 0.717) is 22.9 Å². The summed E-state index contributed by atoms with van der Waals surface area (Å²) in [6, 6.07) is 5.47. The van der Waals surface area contributed by atoms with Gasteiger partial charge in [0.15, 0.2) is 11.6 Å². The number of hydrogen-bond donors (Lipinski definition) is 2. The van der Waals surface area contributed by atoms with Crippen molar-refractivity contribution in [3.8, 4) is 5.82 Å². The first kappa shape index (κ1) is 16.4. The maximum atomic E-state index is 11.8. The van der Waals surface area contributed by atoms with Crippen molar-refractivity contribution < 1.29 is 4.79 Å². The van der Waals surface area contributed by atoms with E-state index in [9.17, 15) is 4.79 Å². The molecule has 0 bridgehead atoms. The molecule has 2 N–H and O–H groups in total. The zero-order valence-corrected chi connectivity index (χ0v) is 14.1. The van der Waals surface area contributed by atoms with E-state index in [1.807, 2.05) is 23.6 Å². The maximum absolute atomic E-state index is 11.8. The molecular formula is C18H18N6O. The monoisotopic (exact) mass is 334 g/mol. The Morgan fingerprint density at radius 1 is 1.16 bits per heavy atom. The Morgan fingerprint density at radius 3 is 2.68 bits per heavy atom. The first-order valence-electron chi connectivity index (χ1n) is 7.63. The molecule has 1 aromatic carbocycles. The van der Waals surface area contributed by atoms with Crippen LogP contribution in [0, 0.1) is 0 Å². The number of nitrogens with one attached hydrogen (secondary N) is 2. The fraction of sp³-hybridized carbons (Fsp3) is 0.111. The molecule has 7 nitrogen and oxygen atoms in total. The number of benzene rings is 1. The van der Waals surface area contributed by atoms with E-state index in [-0.39, 0.29) is 5.91 Å². The van der Waals surface area contributed by atoms with E-state index in [0.717, 1.165) is 16.7 Å². The SMILES string of the molecule is C=C(C)Nc1cncc(-n2cnc3ccc(NC(=O)C(=C)C)cc32)n1. The standard InChI is InChI=1S/C18H18N6O/c1-11(2)18(25)22-13-5-6-14-15(7-13)24(10-20-14)17-9-19-8-16(23-17)21-12(3)4/h5-10H,1,3H2,2,4H3,(H,21,23)(H,22,25). The molecule has 2 aromatic heterocycles. The van der Waals surface area contributed by atoms with Gasteiger partial charge in [0.2, 0.25) is 0 Å². The Kier molecular flexibility index (Phi) is 4.30. The Bertz CT molecular complexity index is 988. The molecule has 0 radical (unpaired) electrons. The van der Waals surface area contributed by atoms with Gasteiger partial charge >= 0.3 is 0 Å². The molecule has 0 spiro atoms. The number of anilines is 2. The number of carbonyl (C=O) groups is 1. The van der Waals surface area contributed by atoms with Crippen molar-refractivity contribution in [2.45, 2.75) is 13.8 Å². The number of amides is 1. The van der Waals surface area contributed by atoms with Crippen LogP contribution >= 0.6 is 0 Å². The van der Waals surface area contributed by atoms with Gasteiger partial charge in [-0.3, -0.25) is 14.3 Å². The van der Waals surface area contributed by atoms with Gasteiger partial charge in [0.1, 0.15) is 6.33 Å². The zero-order chi connectivity index (χ0) is 18.0. The van der Waals surface area contributed by atoms with Gasteiger partial charge < -0.3 is 10.6 Å². The largest absolute Gasteiger partial charge is 0.343 e. The van der Waals surface area contributed by atoms with Crippen LogP contribution in [0.5, 0.6) is 0 Å². The van der Waals surface area contributed by atoms with E-state index in [1.54, 1.807) is 31.7 Å². The minimum Gasteiger partial charge on any atom is -0.343 e. The smallest absolute Gasteiger partial charge is 0.250 e. The third kappa shape index (κ3) is 3.55. The summed E-state index contributed by atoms with van der Waals surface area (Å²) in [5, 5.41) is 5.84. The fourth-order valence-corrected chi connectivity index (χ4v) is 2.26. The summed E-state index contributed by atoms with van der Waals surface area (Å²) >= 11 is 0. The van der Waals surface area contributed by atoms with Gasteiger partial charge in [0.25, 0.3) is 5.91 Å². The molecule has 0 aliphatic rings. The first-order chi connectivity index (χ1) is 11.9. The number of imidazole rings is 1.